The number of ether oxygens (including phenoxy) is 2. The number of carbonyl (C=O) groups excluding carboxylic acids is 1. The maximum Gasteiger partial charge on any atom is 0.225 e. The Kier molecular flexibility index (Phi) is 6.16. The highest BCUT2D eigenvalue weighted by molar-refractivity contribution is 5.80. The highest BCUT2D eigenvalue weighted by atomic mass is 16.5. The number of amides is 1. The fraction of sp³-hybridized carbons (Fsp3) is 0.391. The SMILES string of the molecule is COc1ccc([C@H](C)NC(=O)[C@@H]2CCCN(c3cnc4nccnc4c3)C2)cc1OC. The van der Waals surface area contributed by atoms with Gasteiger partial charge in [-0.1, -0.05) is 6.07 Å². The first kappa shape index (κ1) is 20.8. The Hall–Kier alpha value is -3.42. The van der Waals surface area contributed by atoms with Crippen molar-refractivity contribution in [1.29, 1.82) is 0 Å². The molecule has 0 aliphatic carbocycles. The van der Waals surface area contributed by atoms with Crippen LogP contribution in [0.4, 0.5) is 5.69 Å². The number of nitrogens with zero attached hydrogens (tertiary/aromatic N) is 4. The Labute approximate surface area is 181 Å². The third-order valence-electron chi connectivity index (χ3n) is 5.73. The molecule has 162 valence electrons. The first-order valence-electron chi connectivity index (χ1n) is 10.4. The van der Waals surface area contributed by atoms with Gasteiger partial charge in [0.1, 0.15) is 5.52 Å². The molecular formula is C23H27N5O3. The standard InChI is InChI=1S/C23H27N5O3/c1-15(16-6-7-20(30-2)21(11-16)31-3)27-23(29)17-5-4-10-28(14-17)18-12-19-22(26-13-18)25-9-8-24-19/h6-9,11-13,15,17H,4-5,10,14H2,1-3H3,(H,27,29)/t15-,17+/m0/s1. The van der Waals surface area contributed by atoms with Crippen LogP contribution < -0.4 is 19.7 Å². The van der Waals surface area contributed by atoms with E-state index in [1.165, 1.54) is 0 Å². The first-order valence-corrected chi connectivity index (χ1v) is 10.4. The van der Waals surface area contributed by atoms with Gasteiger partial charge in [0.2, 0.25) is 5.91 Å². The van der Waals surface area contributed by atoms with Gasteiger partial charge in [-0.3, -0.25) is 9.78 Å². The second-order valence-corrected chi connectivity index (χ2v) is 7.72. The predicted molar refractivity (Wildman–Crippen MR) is 118 cm³/mol. The van der Waals surface area contributed by atoms with Crippen molar-refractivity contribution in [1.82, 2.24) is 20.3 Å². The lowest BCUT2D eigenvalue weighted by atomic mass is 9.96. The van der Waals surface area contributed by atoms with Gasteiger partial charge in [0.25, 0.3) is 0 Å². The van der Waals surface area contributed by atoms with Crippen LogP contribution in [0.5, 0.6) is 11.5 Å². The van der Waals surface area contributed by atoms with Gasteiger partial charge in [0.05, 0.1) is 38.1 Å². The van der Waals surface area contributed by atoms with Crippen molar-refractivity contribution in [3.63, 3.8) is 0 Å². The molecule has 0 saturated carbocycles. The van der Waals surface area contributed by atoms with E-state index in [0.29, 0.717) is 23.7 Å². The minimum atomic E-state index is -0.139. The molecule has 1 aliphatic rings. The van der Waals surface area contributed by atoms with Crippen molar-refractivity contribution in [3.05, 3.63) is 48.4 Å². The lowest BCUT2D eigenvalue weighted by molar-refractivity contribution is -0.125. The Morgan fingerprint density at radius 1 is 1.13 bits per heavy atom. The molecule has 1 aliphatic heterocycles. The molecule has 8 nitrogen and oxygen atoms in total. The smallest absolute Gasteiger partial charge is 0.225 e. The van der Waals surface area contributed by atoms with E-state index in [4.69, 9.17) is 9.47 Å². The number of pyridine rings is 1. The summed E-state index contributed by atoms with van der Waals surface area (Å²) < 4.78 is 10.7. The van der Waals surface area contributed by atoms with E-state index in [9.17, 15) is 4.79 Å². The van der Waals surface area contributed by atoms with Crippen molar-refractivity contribution < 1.29 is 14.3 Å². The highest BCUT2D eigenvalue weighted by Gasteiger charge is 2.27. The van der Waals surface area contributed by atoms with E-state index in [1.807, 2.05) is 37.4 Å². The fourth-order valence-corrected chi connectivity index (χ4v) is 3.98. The van der Waals surface area contributed by atoms with E-state index in [0.717, 1.165) is 36.2 Å². The summed E-state index contributed by atoms with van der Waals surface area (Å²) in [7, 11) is 3.21. The van der Waals surface area contributed by atoms with Gasteiger partial charge in [-0.05, 0) is 43.5 Å². The number of carbonyl (C=O) groups is 1. The third-order valence-corrected chi connectivity index (χ3v) is 5.73. The summed E-state index contributed by atoms with van der Waals surface area (Å²) in [5, 5.41) is 3.16. The summed E-state index contributed by atoms with van der Waals surface area (Å²) in [5.41, 5.74) is 3.32. The average Bonchev–Trinajstić information content (AvgIpc) is 2.83. The Morgan fingerprint density at radius 2 is 1.94 bits per heavy atom. The number of rotatable bonds is 6. The second kappa shape index (κ2) is 9.16. The van der Waals surface area contributed by atoms with E-state index in [-0.39, 0.29) is 17.9 Å². The molecule has 1 N–H and O–H groups in total. The number of piperidine rings is 1. The highest BCUT2D eigenvalue weighted by Crippen LogP contribution is 2.30. The van der Waals surface area contributed by atoms with Gasteiger partial charge in [0, 0.05) is 25.5 Å². The van der Waals surface area contributed by atoms with E-state index < -0.39 is 0 Å². The zero-order chi connectivity index (χ0) is 21.8. The fourth-order valence-electron chi connectivity index (χ4n) is 3.98. The minimum Gasteiger partial charge on any atom is -0.493 e. The van der Waals surface area contributed by atoms with Crippen molar-refractivity contribution >= 4 is 22.8 Å². The van der Waals surface area contributed by atoms with Gasteiger partial charge in [-0.25, -0.2) is 9.97 Å². The predicted octanol–water partition coefficient (Wildman–Crippen LogP) is 3.14. The van der Waals surface area contributed by atoms with Crippen LogP contribution in [0.25, 0.3) is 11.2 Å². The molecule has 4 rings (SSSR count). The van der Waals surface area contributed by atoms with Gasteiger partial charge < -0.3 is 19.7 Å². The van der Waals surface area contributed by atoms with E-state index in [2.05, 4.69) is 25.2 Å². The summed E-state index contributed by atoms with van der Waals surface area (Å²) in [6.45, 7) is 3.52. The largest absolute Gasteiger partial charge is 0.493 e. The summed E-state index contributed by atoms with van der Waals surface area (Å²) in [6.07, 6.45) is 6.92. The topological polar surface area (TPSA) is 89.5 Å². The van der Waals surface area contributed by atoms with Crippen molar-refractivity contribution in [3.8, 4) is 11.5 Å². The van der Waals surface area contributed by atoms with Crippen LogP contribution in [-0.4, -0.2) is 48.2 Å². The number of methoxy groups -OCH3 is 2. The molecule has 0 unspecified atom stereocenters. The summed E-state index contributed by atoms with van der Waals surface area (Å²) in [4.78, 5) is 28.2. The number of hydrogen-bond acceptors (Lipinski definition) is 7. The van der Waals surface area contributed by atoms with Crippen LogP contribution in [0.15, 0.2) is 42.9 Å². The van der Waals surface area contributed by atoms with E-state index in [1.54, 1.807) is 26.6 Å². The Balaban J connectivity index is 1.43. The molecule has 1 saturated heterocycles. The van der Waals surface area contributed by atoms with Crippen molar-refractivity contribution in [2.24, 2.45) is 5.92 Å². The average molecular weight is 422 g/mol. The first-order chi connectivity index (χ1) is 15.1. The third kappa shape index (κ3) is 4.52. The second-order valence-electron chi connectivity index (χ2n) is 7.72. The van der Waals surface area contributed by atoms with Crippen LogP contribution in [-0.2, 0) is 4.79 Å². The molecule has 31 heavy (non-hydrogen) atoms. The molecule has 1 amide bonds. The molecular weight excluding hydrogens is 394 g/mol. The van der Waals surface area contributed by atoms with Crippen molar-refractivity contribution in [2.45, 2.75) is 25.8 Å². The molecule has 3 aromatic rings. The Bertz CT molecular complexity index is 1070. The normalized spacial score (nSPS) is 17.3. The molecule has 0 bridgehead atoms. The number of nitrogens with one attached hydrogen (secondary N) is 1. The number of fused-ring (bicyclic) bond motifs is 1. The van der Waals surface area contributed by atoms with E-state index >= 15 is 0 Å². The van der Waals surface area contributed by atoms with Gasteiger partial charge in [-0.15, -0.1) is 0 Å². The molecule has 1 aromatic carbocycles. The minimum absolute atomic E-state index is 0.0560. The maximum absolute atomic E-state index is 13.0. The van der Waals surface area contributed by atoms with Crippen LogP contribution >= 0.6 is 0 Å². The quantitative estimate of drug-likeness (QED) is 0.654. The lowest BCUT2D eigenvalue weighted by Gasteiger charge is -2.34. The molecule has 3 heterocycles. The van der Waals surface area contributed by atoms with Gasteiger partial charge >= 0.3 is 0 Å². The zero-order valence-electron chi connectivity index (χ0n) is 18.0. The van der Waals surface area contributed by atoms with Gasteiger partial charge in [0.15, 0.2) is 17.1 Å². The molecule has 0 radical (unpaired) electrons. The van der Waals surface area contributed by atoms with Crippen molar-refractivity contribution in [2.75, 3.05) is 32.2 Å². The maximum atomic E-state index is 13.0. The Morgan fingerprint density at radius 3 is 2.74 bits per heavy atom. The summed E-state index contributed by atoms with van der Waals surface area (Å²) in [6, 6.07) is 7.55. The molecule has 2 aromatic heterocycles. The molecule has 0 spiro atoms. The zero-order valence-corrected chi connectivity index (χ0v) is 18.0. The van der Waals surface area contributed by atoms with Crippen LogP contribution in [0.1, 0.15) is 31.4 Å². The van der Waals surface area contributed by atoms with Crippen LogP contribution in [0.3, 0.4) is 0 Å². The molecule has 2 atom stereocenters. The lowest BCUT2D eigenvalue weighted by Crippen LogP contribution is -2.43. The summed E-state index contributed by atoms with van der Waals surface area (Å²) in [5.74, 6) is 1.28. The number of benzene rings is 1. The van der Waals surface area contributed by atoms with Gasteiger partial charge in [-0.2, -0.15) is 0 Å². The molecule has 8 heteroatoms. The number of anilines is 1. The van der Waals surface area contributed by atoms with Crippen LogP contribution in [0.2, 0.25) is 0 Å². The van der Waals surface area contributed by atoms with Crippen LogP contribution in [0, 0.1) is 5.92 Å². The monoisotopic (exact) mass is 421 g/mol. The number of aromatic nitrogens is 3. The summed E-state index contributed by atoms with van der Waals surface area (Å²) >= 11 is 0. The molecule has 1 fully saturated rings. The number of hydrogen-bond donors (Lipinski definition) is 1.